The van der Waals surface area contributed by atoms with Crippen molar-refractivity contribution in [1.29, 1.82) is 0 Å². The number of fused-ring (bicyclic) bond motifs is 1. The molecule has 0 aromatic heterocycles. The van der Waals surface area contributed by atoms with Gasteiger partial charge in [-0.25, -0.2) is 4.39 Å². The van der Waals surface area contributed by atoms with Crippen LogP contribution in [0, 0.1) is 5.82 Å². The Balaban J connectivity index is 2.26. The van der Waals surface area contributed by atoms with E-state index in [2.05, 4.69) is 4.74 Å². The number of carbonyl (C=O) groups is 2. The molecule has 0 aliphatic heterocycles. The van der Waals surface area contributed by atoms with Crippen LogP contribution in [0.4, 0.5) is 4.39 Å². The standard InChI is InChI=1S/C15H13FO4/c1-20-14(19)7-6-12(17)10-2-4-11-9(8-10)3-5-13(18)15(11)16/h2-5,8,18H,6-7H2,1H3. The Morgan fingerprint density at radius 1 is 1.20 bits per heavy atom. The van der Waals surface area contributed by atoms with Gasteiger partial charge in [0.2, 0.25) is 0 Å². The van der Waals surface area contributed by atoms with Crippen molar-refractivity contribution < 1.29 is 23.8 Å². The summed E-state index contributed by atoms with van der Waals surface area (Å²) in [6, 6.07) is 7.23. The minimum absolute atomic E-state index is 0.0112. The summed E-state index contributed by atoms with van der Waals surface area (Å²) in [5.41, 5.74) is 0.395. The van der Waals surface area contributed by atoms with Gasteiger partial charge in [-0.1, -0.05) is 18.2 Å². The number of halogens is 1. The van der Waals surface area contributed by atoms with Gasteiger partial charge in [0.1, 0.15) is 0 Å². The maximum Gasteiger partial charge on any atom is 0.305 e. The zero-order chi connectivity index (χ0) is 14.7. The molecule has 0 bridgehead atoms. The summed E-state index contributed by atoms with van der Waals surface area (Å²) in [5.74, 6) is -1.81. The third-order valence-corrected chi connectivity index (χ3v) is 3.04. The summed E-state index contributed by atoms with van der Waals surface area (Å²) in [6.07, 6.45) is 0.0516. The highest BCUT2D eigenvalue weighted by molar-refractivity contribution is 6.01. The number of esters is 1. The lowest BCUT2D eigenvalue weighted by Gasteiger charge is -2.05. The van der Waals surface area contributed by atoms with E-state index in [1.165, 1.54) is 37.4 Å². The van der Waals surface area contributed by atoms with Crippen molar-refractivity contribution in [2.45, 2.75) is 12.8 Å². The van der Waals surface area contributed by atoms with E-state index >= 15 is 0 Å². The molecular weight excluding hydrogens is 263 g/mol. The van der Waals surface area contributed by atoms with Gasteiger partial charge in [0.15, 0.2) is 17.3 Å². The van der Waals surface area contributed by atoms with Crippen LogP contribution in [-0.4, -0.2) is 24.0 Å². The molecule has 0 unspecified atom stereocenters. The molecule has 0 saturated carbocycles. The van der Waals surface area contributed by atoms with E-state index in [4.69, 9.17) is 0 Å². The first kappa shape index (κ1) is 14.0. The van der Waals surface area contributed by atoms with Crippen molar-refractivity contribution in [3.63, 3.8) is 0 Å². The molecule has 0 radical (unpaired) electrons. The predicted molar refractivity (Wildman–Crippen MR) is 71.2 cm³/mol. The van der Waals surface area contributed by atoms with Crippen LogP contribution in [0.5, 0.6) is 5.75 Å². The number of hydrogen-bond acceptors (Lipinski definition) is 4. The Labute approximate surface area is 114 Å². The van der Waals surface area contributed by atoms with E-state index in [0.717, 1.165) is 0 Å². The molecule has 1 N–H and O–H groups in total. The van der Waals surface area contributed by atoms with Crippen LogP contribution in [0.25, 0.3) is 10.8 Å². The highest BCUT2D eigenvalue weighted by Gasteiger charge is 2.12. The van der Waals surface area contributed by atoms with Crippen LogP contribution in [0.1, 0.15) is 23.2 Å². The fraction of sp³-hybridized carbons (Fsp3) is 0.200. The van der Waals surface area contributed by atoms with Crippen molar-refractivity contribution in [1.82, 2.24) is 0 Å². The Hall–Kier alpha value is -2.43. The van der Waals surface area contributed by atoms with Gasteiger partial charge in [-0.3, -0.25) is 9.59 Å². The number of benzene rings is 2. The SMILES string of the molecule is COC(=O)CCC(=O)c1ccc2c(F)c(O)ccc2c1. The van der Waals surface area contributed by atoms with E-state index in [-0.39, 0.29) is 24.0 Å². The van der Waals surface area contributed by atoms with Gasteiger partial charge in [-0.05, 0) is 17.5 Å². The van der Waals surface area contributed by atoms with Gasteiger partial charge in [-0.15, -0.1) is 0 Å². The average Bonchev–Trinajstić information content (AvgIpc) is 2.47. The van der Waals surface area contributed by atoms with Gasteiger partial charge in [0, 0.05) is 17.4 Å². The smallest absolute Gasteiger partial charge is 0.305 e. The Kier molecular flexibility index (Phi) is 3.98. The highest BCUT2D eigenvalue weighted by Crippen LogP contribution is 2.26. The molecular formula is C15H13FO4. The number of rotatable bonds is 4. The monoisotopic (exact) mass is 276 g/mol. The van der Waals surface area contributed by atoms with Crippen molar-refractivity contribution in [2.75, 3.05) is 7.11 Å². The van der Waals surface area contributed by atoms with Crippen LogP contribution in [0.3, 0.4) is 0 Å². The normalized spacial score (nSPS) is 10.5. The fourth-order valence-electron chi connectivity index (χ4n) is 1.92. The Bertz CT molecular complexity index is 679. The lowest BCUT2D eigenvalue weighted by Crippen LogP contribution is -2.06. The molecule has 104 valence electrons. The third kappa shape index (κ3) is 2.77. The van der Waals surface area contributed by atoms with Gasteiger partial charge in [-0.2, -0.15) is 0 Å². The number of hydrogen-bond donors (Lipinski definition) is 1. The summed E-state index contributed by atoms with van der Waals surface area (Å²) in [7, 11) is 1.26. The molecule has 0 fully saturated rings. The van der Waals surface area contributed by atoms with Crippen molar-refractivity contribution in [2.24, 2.45) is 0 Å². The quantitative estimate of drug-likeness (QED) is 0.689. The molecule has 0 aliphatic rings. The van der Waals surface area contributed by atoms with Gasteiger partial charge in [0.05, 0.1) is 13.5 Å². The Morgan fingerprint density at radius 2 is 1.95 bits per heavy atom. The zero-order valence-electron chi connectivity index (χ0n) is 10.9. The van der Waals surface area contributed by atoms with Crippen LogP contribution >= 0.6 is 0 Å². The van der Waals surface area contributed by atoms with Gasteiger partial charge in [0.25, 0.3) is 0 Å². The maximum absolute atomic E-state index is 13.6. The summed E-state index contributed by atoms with van der Waals surface area (Å²) >= 11 is 0. The molecule has 0 spiro atoms. The minimum atomic E-state index is -0.712. The van der Waals surface area contributed by atoms with Gasteiger partial charge >= 0.3 is 5.97 Å². The number of phenols is 1. The Morgan fingerprint density at radius 3 is 2.65 bits per heavy atom. The molecule has 2 rings (SSSR count). The van der Waals surface area contributed by atoms with Crippen molar-refractivity contribution in [3.8, 4) is 5.75 Å². The first-order valence-corrected chi connectivity index (χ1v) is 6.04. The lowest BCUT2D eigenvalue weighted by molar-refractivity contribution is -0.140. The first-order valence-electron chi connectivity index (χ1n) is 6.04. The second-order valence-electron chi connectivity index (χ2n) is 4.33. The van der Waals surface area contributed by atoms with E-state index in [1.54, 1.807) is 0 Å². The minimum Gasteiger partial charge on any atom is -0.505 e. The summed E-state index contributed by atoms with van der Waals surface area (Å²) in [4.78, 5) is 22.9. The molecule has 4 nitrogen and oxygen atoms in total. The van der Waals surface area contributed by atoms with Crippen molar-refractivity contribution >= 4 is 22.5 Å². The van der Waals surface area contributed by atoms with Crippen LogP contribution in [0.2, 0.25) is 0 Å². The number of phenolic OH excluding ortho intramolecular Hbond substituents is 1. The number of methoxy groups -OCH3 is 1. The van der Waals surface area contributed by atoms with E-state index < -0.39 is 17.5 Å². The molecule has 2 aromatic carbocycles. The third-order valence-electron chi connectivity index (χ3n) is 3.04. The maximum atomic E-state index is 13.6. The topological polar surface area (TPSA) is 63.6 Å². The number of carbonyl (C=O) groups excluding carboxylic acids is 2. The summed E-state index contributed by atoms with van der Waals surface area (Å²) in [5, 5.41) is 10.0. The molecule has 0 aliphatic carbocycles. The number of Topliss-reactive ketones (excluding diaryl/α,β-unsaturated/α-hetero) is 1. The van der Waals surface area contributed by atoms with Gasteiger partial charge < -0.3 is 9.84 Å². The molecule has 0 atom stereocenters. The lowest BCUT2D eigenvalue weighted by atomic mass is 10.0. The second-order valence-corrected chi connectivity index (χ2v) is 4.33. The number of ether oxygens (including phenoxy) is 1. The zero-order valence-corrected chi connectivity index (χ0v) is 10.9. The van der Waals surface area contributed by atoms with Crippen LogP contribution < -0.4 is 0 Å². The van der Waals surface area contributed by atoms with E-state index in [9.17, 15) is 19.1 Å². The summed E-state index contributed by atoms with van der Waals surface area (Å²) < 4.78 is 18.1. The molecule has 2 aromatic rings. The molecule has 0 amide bonds. The summed E-state index contributed by atoms with van der Waals surface area (Å²) in [6.45, 7) is 0. The molecule has 20 heavy (non-hydrogen) atoms. The first-order chi connectivity index (χ1) is 9.52. The molecule has 5 heteroatoms. The largest absolute Gasteiger partial charge is 0.505 e. The number of aromatic hydroxyl groups is 1. The van der Waals surface area contributed by atoms with E-state index in [1.807, 2.05) is 0 Å². The van der Waals surface area contributed by atoms with Crippen LogP contribution in [-0.2, 0) is 9.53 Å². The van der Waals surface area contributed by atoms with Crippen LogP contribution in [0.15, 0.2) is 30.3 Å². The molecule has 0 saturated heterocycles. The average molecular weight is 276 g/mol. The van der Waals surface area contributed by atoms with E-state index in [0.29, 0.717) is 10.9 Å². The van der Waals surface area contributed by atoms with Crippen molar-refractivity contribution in [3.05, 3.63) is 41.7 Å². The number of ketones is 1. The highest BCUT2D eigenvalue weighted by atomic mass is 19.1. The molecule has 0 heterocycles. The predicted octanol–water partition coefficient (Wildman–Crippen LogP) is 2.82. The second kappa shape index (κ2) is 5.69. The fourth-order valence-corrected chi connectivity index (χ4v) is 1.92.